The Balaban J connectivity index is 1.60. The number of aliphatic hydroxyl groups excluding tert-OH is 1. The van der Waals surface area contributed by atoms with Gasteiger partial charge in [-0.1, -0.05) is 12.5 Å². The SMILES string of the molecule is Oc1ccc2c(c1)[C@]13CCN(CC4CCC4)[C@H](C2)[C@]1(O)CCC(O)C3. The number of phenols is 1. The van der Waals surface area contributed by atoms with Crippen LogP contribution in [-0.2, 0) is 11.8 Å². The highest BCUT2D eigenvalue weighted by Gasteiger charge is 2.64. The maximum absolute atomic E-state index is 12.0. The Kier molecular flexibility index (Phi) is 3.51. The van der Waals surface area contributed by atoms with E-state index in [2.05, 4.69) is 4.90 Å². The van der Waals surface area contributed by atoms with Gasteiger partial charge in [0, 0.05) is 18.0 Å². The highest BCUT2D eigenvalue weighted by atomic mass is 16.3. The molecule has 4 nitrogen and oxygen atoms in total. The van der Waals surface area contributed by atoms with E-state index in [0.29, 0.717) is 19.3 Å². The first kappa shape index (κ1) is 16.1. The maximum atomic E-state index is 12.0. The molecule has 2 saturated carbocycles. The second-order valence-corrected chi connectivity index (χ2v) is 9.01. The largest absolute Gasteiger partial charge is 0.508 e. The Morgan fingerprint density at radius 1 is 1.16 bits per heavy atom. The third kappa shape index (κ3) is 2.17. The zero-order valence-electron chi connectivity index (χ0n) is 14.8. The van der Waals surface area contributed by atoms with E-state index in [4.69, 9.17) is 0 Å². The van der Waals surface area contributed by atoms with Crippen molar-refractivity contribution in [3.05, 3.63) is 29.3 Å². The van der Waals surface area contributed by atoms with Gasteiger partial charge >= 0.3 is 0 Å². The molecule has 3 aliphatic carbocycles. The zero-order valence-corrected chi connectivity index (χ0v) is 14.8. The number of hydrogen-bond donors (Lipinski definition) is 3. The van der Waals surface area contributed by atoms with Crippen molar-refractivity contribution in [2.45, 2.75) is 74.5 Å². The molecule has 25 heavy (non-hydrogen) atoms. The lowest BCUT2D eigenvalue weighted by Gasteiger charge is -2.64. The Labute approximate surface area is 149 Å². The van der Waals surface area contributed by atoms with Crippen LogP contribution in [0.3, 0.4) is 0 Å². The Bertz CT molecular complexity index is 688. The van der Waals surface area contributed by atoms with Crippen molar-refractivity contribution in [1.29, 1.82) is 0 Å². The summed E-state index contributed by atoms with van der Waals surface area (Å²) in [5, 5.41) is 32.5. The molecule has 0 amide bonds. The number of aromatic hydroxyl groups is 1. The van der Waals surface area contributed by atoms with Gasteiger partial charge in [0.25, 0.3) is 0 Å². The number of aliphatic hydroxyl groups is 2. The van der Waals surface area contributed by atoms with Crippen LogP contribution in [0.25, 0.3) is 0 Å². The van der Waals surface area contributed by atoms with Gasteiger partial charge in [0.05, 0.1) is 11.7 Å². The lowest BCUT2D eigenvalue weighted by molar-refractivity contribution is -0.184. The lowest BCUT2D eigenvalue weighted by Crippen LogP contribution is -2.73. The van der Waals surface area contributed by atoms with Gasteiger partial charge in [-0.15, -0.1) is 0 Å². The van der Waals surface area contributed by atoms with Crippen molar-refractivity contribution in [3.63, 3.8) is 0 Å². The predicted octanol–water partition coefficient (Wildman–Crippen LogP) is 2.34. The second-order valence-electron chi connectivity index (χ2n) is 9.01. The molecular formula is C21H29NO3. The summed E-state index contributed by atoms with van der Waals surface area (Å²) in [6.45, 7) is 2.10. The van der Waals surface area contributed by atoms with Crippen LogP contribution >= 0.6 is 0 Å². The Morgan fingerprint density at radius 3 is 2.76 bits per heavy atom. The van der Waals surface area contributed by atoms with Crippen LogP contribution in [0.15, 0.2) is 18.2 Å². The van der Waals surface area contributed by atoms with Gasteiger partial charge in [0.15, 0.2) is 0 Å². The van der Waals surface area contributed by atoms with Crippen LogP contribution in [0.5, 0.6) is 5.75 Å². The summed E-state index contributed by atoms with van der Waals surface area (Å²) in [6.07, 6.45) is 7.35. The minimum Gasteiger partial charge on any atom is -0.508 e. The summed E-state index contributed by atoms with van der Waals surface area (Å²) in [5.41, 5.74) is 1.15. The van der Waals surface area contributed by atoms with E-state index < -0.39 is 11.0 Å². The Morgan fingerprint density at radius 2 is 2.00 bits per heavy atom. The van der Waals surface area contributed by atoms with E-state index in [-0.39, 0.29) is 17.9 Å². The van der Waals surface area contributed by atoms with Crippen molar-refractivity contribution in [3.8, 4) is 5.75 Å². The lowest BCUT2D eigenvalue weighted by atomic mass is 9.49. The molecule has 1 heterocycles. The molecule has 1 aliphatic heterocycles. The molecule has 1 unspecified atom stereocenters. The second kappa shape index (κ2) is 5.45. The number of fused-ring (bicyclic) bond motifs is 1. The highest BCUT2D eigenvalue weighted by molar-refractivity contribution is 5.48. The van der Waals surface area contributed by atoms with E-state index in [0.717, 1.165) is 37.4 Å². The molecule has 4 heteroatoms. The fourth-order valence-corrected chi connectivity index (χ4v) is 6.30. The smallest absolute Gasteiger partial charge is 0.115 e. The number of piperidine rings is 1. The first-order valence-electron chi connectivity index (χ1n) is 9.99. The van der Waals surface area contributed by atoms with E-state index in [9.17, 15) is 15.3 Å². The van der Waals surface area contributed by atoms with Crippen LogP contribution in [0.2, 0.25) is 0 Å². The third-order valence-electron chi connectivity index (χ3n) is 7.83. The summed E-state index contributed by atoms with van der Waals surface area (Å²) in [4.78, 5) is 2.55. The monoisotopic (exact) mass is 343 g/mol. The molecule has 4 aliphatic rings. The fraction of sp³-hybridized carbons (Fsp3) is 0.714. The molecule has 3 fully saturated rings. The van der Waals surface area contributed by atoms with Crippen LogP contribution in [0.4, 0.5) is 0 Å². The van der Waals surface area contributed by atoms with Crippen LogP contribution in [0.1, 0.15) is 56.1 Å². The predicted molar refractivity (Wildman–Crippen MR) is 95.6 cm³/mol. The van der Waals surface area contributed by atoms with E-state index in [1.165, 1.54) is 24.8 Å². The number of hydrogen-bond acceptors (Lipinski definition) is 4. The molecule has 1 aromatic rings. The topological polar surface area (TPSA) is 63.9 Å². The molecule has 0 spiro atoms. The summed E-state index contributed by atoms with van der Waals surface area (Å²) in [7, 11) is 0. The van der Waals surface area contributed by atoms with Crippen LogP contribution in [-0.4, -0.2) is 51.1 Å². The molecule has 1 saturated heterocycles. The Hall–Kier alpha value is -1.10. The van der Waals surface area contributed by atoms with Crippen molar-refractivity contribution < 1.29 is 15.3 Å². The molecular weight excluding hydrogens is 314 g/mol. The molecule has 136 valence electrons. The molecule has 5 rings (SSSR count). The van der Waals surface area contributed by atoms with E-state index >= 15 is 0 Å². The van der Waals surface area contributed by atoms with Gasteiger partial charge in [-0.25, -0.2) is 0 Å². The number of likely N-dealkylation sites (tertiary alicyclic amines) is 1. The molecule has 2 bridgehead atoms. The van der Waals surface area contributed by atoms with Crippen LogP contribution in [0, 0.1) is 5.92 Å². The molecule has 3 N–H and O–H groups in total. The number of nitrogens with zero attached hydrogens (tertiary/aromatic N) is 1. The van der Waals surface area contributed by atoms with Gasteiger partial charge in [0.2, 0.25) is 0 Å². The first-order valence-corrected chi connectivity index (χ1v) is 9.99. The molecule has 4 atom stereocenters. The van der Waals surface area contributed by atoms with Crippen molar-refractivity contribution in [2.24, 2.45) is 5.92 Å². The fourth-order valence-electron chi connectivity index (χ4n) is 6.30. The maximum Gasteiger partial charge on any atom is 0.115 e. The van der Waals surface area contributed by atoms with Crippen molar-refractivity contribution >= 4 is 0 Å². The van der Waals surface area contributed by atoms with Gasteiger partial charge in [-0.05, 0) is 80.7 Å². The molecule has 0 aromatic heterocycles. The van der Waals surface area contributed by atoms with Gasteiger partial charge in [-0.2, -0.15) is 0 Å². The standard InChI is InChI=1S/C21H29NO3/c23-16-5-4-15-10-19-21(25)7-6-17(24)12-20(21,18(15)11-16)8-9-22(19)13-14-2-1-3-14/h4-5,11,14,17,19,23-25H,1-3,6-10,12-13H2/t17?,19-,20-,21-/m1/s1. The number of phenolic OH excluding ortho intramolecular Hbond substituents is 1. The van der Waals surface area contributed by atoms with Gasteiger partial charge in [0.1, 0.15) is 5.75 Å². The normalized spacial score (nSPS) is 40.9. The molecule has 1 aromatic carbocycles. The van der Waals surface area contributed by atoms with Gasteiger partial charge in [-0.3, -0.25) is 4.90 Å². The summed E-state index contributed by atoms with van der Waals surface area (Å²) in [5.74, 6) is 1.07. The number of rotatable bonds is 2. The molecule has 0 radical (unpaired) electrons. The van der Waals surface area contributed by atoms with Crippen molar-refractivity contribution in [1.82, 2.24) is 4.90 Å². The minimum atomic E-state index is -0.783. The van der Waals surface area contributed by atoms with Crippen molar-refractivity contribution in [2.75, 3.05) is 13.1 Å². The van der Waals surface area contributed by atoms with Crippen LogP contribution < -0.4 is 0 Å². The van der Waals surface area contributed by atoms with E-state index in [1.54, 1.807) is 6.07 Å². The minimum absolute atomic E-state index is 0.145. The zero-order chi connectivity index (χ0) is 17.2. The number of benzene rings is 1. The highest BCUT2D eigenvalue weighted by Crippen LogP contribution is 2.58. The third-order valence-corrected chi connectivity index (χ3v) is 7.83. The average Bonchev–Trinajstić information content (AvgIpc) is 2.54. The summed E-state index contributed by atoms with van der Waals surface area (Å²) in [6, 6.07) is 5.81. The summed E-state index contributed by atoms with van der Waals surface area (Å²) >= 11 is 0. The average molecular weight is 343 g/mol. The summed E-state index contributed by atoms with van der Waals surface area (Å²) < 4.78 is 0. The van der Waals surface area contributed by atoms with E-state index in [1.807, 2.05) is 12.1 Å². The quantitative estimate of drug-likeness (QED) is 0.771. The van der Waals surface area contributed by atoms with Gasteiger partial charge < -0.3 is 15.3 Å². The first-order chi connectivity index (χ1) is 12.0.